The molecule has 0 spiro atoms. The largest absolute Gasteiger partial charge is 0.368 e. The second-order valence-corrected chi connectivity index (χ2v) is 6.95. The second-order valence-electron chi connectivity index (χ2n) is 6.95. The van der Waals surface area contributed by atoms with E-state index in [2.05, 4.69) is 9.88 Å². The average Bonchev–Trinajstić information content (AvgIpc) is 3.17. The smallest absolute Gasteiger partial charge is 0.251 e. The summed E-state index contributed by atoms with van der Waals surface area (Å²) in [5.41, 5.74) is 1.26. The van der Waals surface area contributed by atoms with Crippen molar-refractivity contribution in [2.45, 2.75) is 25.5 Å². The Labute approximate surface area is 150 Å². The van der Waals surface area contributed by atoms with Crippen LogP contribution in [0.2, 0.25) is 0 Å². The van der Waals surface area contributed by atoms with E-state index in [-0.39, 0.29) is 17.4 Å². The van der Waals surface area contributed by atoms with Crippen LogP contribution in [0.4, 0.5) is 4.39 Å². The molecule has 138 valence electrons. The zero-order valence-electron chi connectivity index (χ0n) is 14.5. The lowest BCUT2D eigenvalue weighted by Crippen LogP contribution is -2.51. The van der Waals surface area contributed by atoms with E-state index in [1.807, 2.05) is 4.90 Å². The fourth-order valence-corrected chi connectivity index (χ4v) is 3.70. The van der Waals surface area contributed by atoms with E-state index in [4.69, 9.17) is 4.74 Å². The maximum atomic E-state index is 13.3. The highest BCUT2D eigenvalue weighted by atomic mass is 19.1. The molecule has 1 atom stereocenters. The Balaban J connectivity index is 1.40. The maximum Gasteiger partial charge on any atom is 0.251 e. The lowest BCUT2D eigenvalue weighted by molar-refractivity contribution is -0.142. The van der Waals surface area contributed by atoms with Crippen LogP contribution in [-0.2, 0) is 16.1 Å². The zero-order chi connectivity index (χ0) is 18.1. The van der Waals surface area contributed by atoms with Gasteiger partial charge in [0.2, 0.25) is 0 Å². The predicted octanol–water partition coefficient (Wildman–Crippen LogP) is 1.49. The Bertz CT molecular complexity index is 868. The molecule has 1 amide bonds. The molecule has 0 radical (unpaired) electrons. The van der Waals surface area contributed by atoms with Gasteiger partial charge < -0.3 is 14.6 Å². The fourth-order valence-electron chi connectivity index (χ4n) is 3.70. The van der Waals surface area contributed by atoms with Gasteiger partial charge in [0.25, 0.3) is 5.91 Å². The van der Waals surface area contributed by atoms with Crippen molar-refractivity contribution < 1.29 is 13.9 Å². The molecule has 6 nitrogen and oxygen atoms in total. The number of ether oxygens (including phenoxy) is 1. The number of halogens is 1. The highest BCUT2D eigenvalue weighted by Gasteiger charge is 2.30. The number of benzene rings is 1. The summed E-state index contributed by atoms with van der Waals surface area (Å²) in [5, 5.41) is 0.362. The monoisotopic (exact) mass is 359 g/mol. The number of fused-ring (bicyclic) bond motifs is 1. The summed E-state index contributed by atoms with van der Waals surface area (Å²) in [7, 11) is 0. The maximum absolute atomic E-state index is 13.3. The van der Waals surface area contributed by atoms with Crippen molar-refractivity contribution >= 4 is 16.8 Å². The molecule has 26 heavy (non-hydrogen) atoms. The molecule has 0 bridgehead atoms. The fraction of sp³-hybridized carbons (Fsp3) is 0.474. The quantitative estimate of drug-likeness (QED) is 0.902. The van der Waals surface area contributed by atoms with Crippen LogP contribution >= 0.6 is 0 Å². The SMILES string of the molecule is O=C(C1CCCO1)N1CCN(Cc2cc(=O)c3cc(F)ccc3[nH]2)CC1. The number of hydrogen-bond donors (Lipinski definition) is 1. The van der Waals surface area contributed by atoms with Gasteiger partial charge in [0.05, 0.1) is 0 Å². The van der Waals surface area contributed by atoms with Gasteiger partial charge in [0, 0.05) is 62.0 Å². The topological polar surface area (TPSA) is 65.6 Å². The Hall–Kier alpha value is -2.25. The van der Waals surface area contributed by atoms with Crippen molar-refractivity contribution in [2.75, 3.05) is 32.8 Å². The highest BCUT2D eigenvalue weighted by molar-refractivity contribution is 5.81. The number of nitrogens with zero attached hydrogens (tertiary/aromatic N) is 2. The molecule has 4 rings (SSSR count). The normalized spacial score (nSPS) is 21.4. The molecule has 2 aromatic rings. The Morgan fingerprint density at radius 1 is 1.23 bits per heavy atom. The van der Waals surface area contributed by atoms with E-state index in [1.165, 1.54) is 18.2 Å². The number of aromatic amines is 1. The van der Waals surface area contributed by atoms with Gasteiger partial charge in [-0.25, -0.2) is 4.39 Å². The molecule has 2 aliphatic heterocycles. The third-order valence-electron chi connectivity index (χ3n) is 5.13. The minimum Gasteiger partial charge on any atom is -0.368 e. The minimum absolute atomic E-state index is 0.100. The van der Waals surface area contributed by atoms with Crippen LogP contribution < -0.4 is 5.43 Å². The van der Waals surface area contributed by atoms with E-state index in [0.717, 1.165) is 31.6 Å². The van der Waals surface area contributed by atoms with Crippen LogP contribution in [0.25, 0.3) is 10.9 Å². The number of amides is 1. The van der Waals surface area contributed by atoms with Crippen molar-refractivity contribution in [3.63, 3.8) is 0 Å². The number of rotatable bonds is 3. The first-order valence-corrected chi connectivity index (χ1v) is 9.04. The molecule has 7 heteroatoms. The van der Waals surface area contributed by atoms with Gasteiger partial charge in [0.1, 0.15) is 11.9 Å². The van der Waals surface area contributed by atoms with Crippen LogP contribution in [0.15, 0.2) is 29.1 Å². The van der Waals surface area contributed by atoms with Crippen molar-refractivity contribution in [3.8, 4) is 0 Å². The number of carbonyl (C=O) groups excluding carboxylic acids is 1. The summed E-state index contributed by atoms with van der Waals surface area (Å²) in [5.74, 6) is -0.314. The Morgan fingerprint density at radius 2 is 2.04 bits per heavy atom. The summed E-state index contributed by atoms with van der Waals surface area (Å²) in [6, 6.07) is 5.73. The third kappa shape index (κ3) is 3.50. The van der Waals surface area contributed by atoms with Crippen molar-refractivity contribution in [1.29, 1.82) is 0 Å². The number of nitrogens with one attached hydrogen (secondary N) is 1. The van der Waals surface area contributed by atoms with Crippen molar-refractivity contribution in [2.24, 2.45) is 0 Å². The predicted molar refractivity (Wildman–Crippen MR) is 95.4 cm³/mol. The number of piperazine rings is 1. The number of H-pyrrole nitrogens is 1. The van der Waals surface area contributed by atoms with E-state index in [0.29, 0.717) is 37.1 Å². The Kier molecular flexibility index (Phi) is 4.74. The number of aromatic nitrogens is 1. The second kappa shape index (κ2) is 7.17. The summed E-state index contributed by atoms with van der Waals surface area (Å²) >= 11 is 0. The zero-order valence-corrected chi connectivity index (χ0v) is 14.5. The molecule has 1 N–H and O–H groups in total. The lowest BCUT2D eigenvalue weighted by Gasteiger charge is -2.35. The van der Waals surface area contributed by atoms with Gasteiger partial charge >= 0.3 is 0 Å². The molecule has 1 aromatic heterocycles. The first-order chi connectivity index (χ1) is 12.6. The molecule has 1 aromatic carbocycles. The standard InChI is InChI=1S/C19H22FN3O3/c20-13-3-4-16-15(10-13)17(24)11-14(21-16)12-22-5-7-23(8-6-22)19(25)18-2-1-9-26-18/h3-4,10-11,18H,1-2,5-9,12H2,(H,21,24). The van der Waals surface area contributed by atoms with Crippen LogP contribution in [0, 0.1) is 5.82 Å². The number of pyridine rings is 1. The van der Waals surface area contributed by atoms with Crippen LogP contribution in [-0.4, -0.2) is 59.6 Å². The molecule has 1 unspecified atom stereocenters. The summed E-state index contributed by atoms with van der Waals surface area (Å²) in [6.07, 6.45) is 1.51. The van der Waals surface area contributed by atoms with Crippen molar-refractivity contribution in [3.05, 3.63) is 46.0 Å². The summed E-state index contributed by atoms with van der Waals surface area (Å²) < 4.78 is 18.8. The van der Waals surface area contributed by atoms with Crippen LogP contribution in [0.5, 0.6) is 0 Å². The molecule has 2 saturated heterocycles. The Morgan fingerprint density at radius 3 is 2.77 bits per heavy atom. The minimum atomic E-state index is -0.414. The van der Waals surface area contributed by atoms with Crippen LogP contribution in [0.3, 0.4) is 0 Å². The van der Waals surface area contributed by atoms with E-state index in [1.54, 1.807) is 6.07 Å². The van der Waals surface area contributed by atoms with Gasteiger partial charge in [-0.2, -0.15) is 0 Å². The molecule has 2 aliphatic rings. The highest BCUT2D eigenvalue weighted by Crippen LogP contribution is 2.17. The van der Waals surface area contributed by atoms with Crippen molar-refractivity contribution in [1.82, 2.24) is 14.8 Å². The third-order valence-corrected chi connectivity index (χ3v) is 5.13. The lowest BCUT2D eigenvalue weighted by atomic mass is 10.1. The molecule has 0 saturated carbocycles. The molecule has 3 heterocycles. The van der Waals surface area contributed by atoms with E-state index < -0.39 is 5.82 Å². The van der Waals surface area contributed by atoms with Gasteiger partial charge in [-0.3, -0.25) is 14.5 Å². The summed E-state index contributed by atoms with van der Waals surface area (Å²) in [6.45, 7) is 4.12. The van der Waals surface area contributed by atoms with Crippen LogP contribution in [0.1, 0.15) is 18.5 Å². The summed E-state index contributed by atoms with van der Waals surface area (Å²) in [4.78, 5) is 31.9. The average molecular weight is 359 g/mol. The van der Waals surface area contributed by atoms with Gasteiger partial charge in [-0.1, -0.05) is 0 Å². The van der Waals surface area contributed by atoms with Gasteiger partial charge in [-0.15, -0.1) is 0 Å². The number of hydrogen-bond acceptors (Lipinski definition) is 4. The molecular weight excluding hydrogens is 337 g/mol. The van der Waals surface area contributed by atoms with E-state index in [9.17, 15) is 14.0 Å². The number of carbonyl (C=O) groups is 1. The molecule has 0 aliphatic carbocycles. The first-order valence-electron chi connectivity index (χ1n) is 9.04. The van der Waals surface area contributed by atoms with Gasteiger partial charge in [-0.05, 0) is 31.0 Å². The van der Waals surface area contributed by atoms with E-state index >= 15 is 0 Å². The van der Waals surface area contributed by atoms with Gasteiger partial charge in [0.15, 0.2) is 5.43 Å². The molecular formula is C19H22FN3O3. The first kappa shape index (κ1) is 17.2. The molecule has 2 fully saturated rings.